The molecule has 0 spiro atoms. The van der Waals surface area contributed by atoms with E-state index >= 15 is 0 Å². The van der Waals surface area contributed by atoms with Crippen molar-refractivity contribution in [2.75, 3.05) is 44.0 Å². The molecule has 1 aliphatic rings. The molecule has 11 heteroatoms. The summed E-state index contributed by atoms with van der Waals surface area (Å²) in [5, 5.41) is 10.8. The molecular formula is C30H28FN7O3. The molecule has 0 aliphatic carbocycles. The largest absolute Gasteiger partial charge is 0.496 e. The number of rotatable bonds is 7. The third-order valence-corrected chi connectivity index (χ3v) is 7.11. The molecule has 41 heavy (non-hydrogen) atoms. The summed E-state index contributed by atoms with van der Waals surface area (Å²) < 4.78 is 24.3. The third-order valence-electron chi connectivity index (χ3n) is 7.11. The minimum Gasteiger partial charge on any atom is -0.496 e. The van der Waals surface area contributed by atoms with Crippen LogP contribution >= 0.6 is 0 Å². The smallest absolute Gasteiger partial charge is 0.255 e. The zero-order chi connectivity index (χ0) is 28.3. The fraction of sp³-hybridized carbons (Fsp3) is 0.200. The van der Waals surface area contributed by atoms with Crippen LogP contribution in [0.3, 0.4) is 0 Å². The Hall–Kier alpha value is -5.03. The van der Waals surface area contributed by atoms with Crippen LogP contribution in [0, 0.1) is 5.82 Å². The van der Waals surface area contributed by atoms with Crippen molar-refractivity contribution >= 4 is 28.3 Å². The maximum Gasteiger partial charge on any atom is 0.255 e. The molecule has 5 aromatic rings. The number of nitrogen functional groups attached to an aromatic ring is 1. The van der Waals surface area contributed by atoms with E-state index in [1.807, 2.05) is 36.5 Å². The van der Waals surface area contributed by atoms with Gasteiger partial charge in [-0.15, -0.1) is 0 Å². The number of carbonyl (C=O) groups is 1. The van der Waals surface area contributed by atoms with Gasteiger partial charge < -0.3 is 25.4 Å². The highest BCUT2D eigenvalue weighted by Gasteiger charge is 2.18. The zero-order valence-corrected chi connectivity index (χ0v) is 22.4. The Bertz CT molecular complexity index is 1700. The van der Waals surface area contributed by atoms with E-state index in [2.05, 4.69) is 26.5 Å². The van der Waals surface area contributed by atoms with Crippen molar-refractivity contribution in [1.82, 2.24) is 25.5 Å². The number of carbonyl (C=O) groups excluding carboxylic acids is 1. The number of nitrogens with one attached hydrogen (secondary N) is 2. The Kier molecular flexibility index (Phi) is 7.17. The fourth-order valence-electron chi connectivity index (χ4n) is 4.93. The van der Waals surface area contributed by atoms with Gasteiger partial charge in [-0.25, -0.2) is 4.39 Å². The maximum atomic E-state index is 13.7. The summed E-state index contributed by atoms with van der Waals surface area (Å²) in [6.07, 6.45) is 3.63. The molecule has 1 aliphatic heterocycles. The number of anilines is 2. The number of aromatic nitrogens is 4. The van der Waals surface area contributed by atoms with Crippen LogP contribution in [0.25, 0.3) is 33.4 Å². The molecule has 0 saturated carbocycles. The Morgan fingerprint density at radius 1 is 1.10 bits per heavy atom. The highest BCUT2D eigenvalue weighted by Crippen LogP contribution is 2.35. The minimum absolute atomic E-state index is 0.136. The van der Waals surface area contributed by atoms with Gasteiger partial charge >= 0.3 is 0 Å². The summed E-state index contributed by atoms with van der Waals surface area (Å²) in [5.74, 6) is -0.292. The van der Waals surface area contributed by atoms with Gasteiger partial charge in [0.25, 0.3) is 5.91 Å². The number of H-pyrrole nitrogens is 1. The van der Waals surface area contributed by atoms with Crippen LogP contribution in [0.1, 0.15) is 15.9 Å². The highest BCUT2D eigenvalue weighted by molar-refractivity contribution is 6.05. The normalized spacial score (nSPS) is 13.4. The van der Waals surface area contributed by atoms with Crippen LogP contribution in [0.2, 0.25) is 0 Å². The number of hydrogen-bond donors (Lipinski definition) is 3. The minimum atomic E-state index is -0.510. The van der Waals surface area contributed by atoms with Crippen molar-refractivity contribution in [2.24, 2.45) is 0 Å². The van der Waals surface area contributed by atoms with E-state index in [0.29, 0.717) is 35.9 Å². The quantitative estimate of drug-likeness (QED) is 0.274. The number of hydrogen-bond acceptors (Lipinski definition) is 8. The SMILES string of the molecule is COc1ccc(F)cc1C(=O)NCc1ccc(-c2ncc(-c3ccc(N4CCOCC4)cn3)c3[nH]nc(N)c23)cc1. The number of halogens is 1. The third kappa shape index (κ3) is 5.27. The molecule has 1 saturated heterocycles. The van der Waals surface area contributed by atoms with Crippen LogP contribution in [0.15, 0.2) is 67.0 Å². The van der Waals surface area contributed by atoms with Gasteiger partial charge in [-0.05, 0) is 35.9 Å². The van der Waals surface area contributed by atoms with Gasteiger partial charge in [0.2, 0.25) is 0 Å². The second-order valence-electron chi connectivity index (χ2n) is 9.60. The van der Waals surface area contributed by atoms with E-state index in [1.165, 1.54) is 19.2 Å². The Morgan fingerprint density at radius 3 is 2.63 bits per heavy atom. The second-order valence-corrected chi connectivity index (χ2v) is 9.60. The van der Waals surface area contributed by atoms with Crippen molar-refractivity contribution in [3.63, 3.8) is 0 Å². The second kappa shape index (κ2) is 11.2. The van der Waals surface area contributed by atoms with Crippen LogP contribution in [0.5, 0.6) is 5.75 Å². The predicted molar refractivity (Wildman–Crippen MR) is 154 cm³/mol. The molecule has 0 atom stereocenters. The number of nitrogens with zero attached hydrogens (tertiary/aromatic N) is 4. The molecule has 2 aromatic carbocycles. The van der Waals surface area contributed by atoms with Gasteiger partial charge in [0, 0.05) is 37.0 Å². The van der Waals surface area contributed by atoms with E-state index in [1.54, 1.807) is 6.20 Å². The number of pyridine rings is 2. The predicted octanol–water partition coefficient (Wildman–Crippen LogP) is 4.18. The van der Waals surface area contributed by atoms with E-state index in [4.69, 9.17) is 25.2 Å². The van der Waals surface area contributed by atoms with Gasteiger partial charge in [0.05, 0.1) is 60.1 Å². The van der Waals surface area contributed by atoms with Crippen molar-refractivity contribution in [1.29, 1.82) is 0 Å². The fourth-order valence-corrected chi connectivity index (χ4v) is 4.93. The van der Waals surface area contributed by atoms with E-state index < -0.39 is 11.7 Å². The number of benzene rings is 2. The summed E-state index contributed by atoms with van der Waals surface area (Å²) in [7, 11) is 1.44. The highest BCUT2D eigenvalue weighted by atomic mass is 19.1. The van der Waals surface area contributed by atoms with Crippen molar-refractivity contribution in [2.45, 2.75) is 6.54 Å². The molecular weight excluding hydrogens is 525 g/mol. The first kappa shape index (κ1) is 26.2. The average molecular weight is 554 g/mol. The number of nitrogens with two attached hydrogens (primary N) is 1. The first-order valence-corrected chi connectivity index (χ1v) is 13.1. The lowest BCUT2D eigenvalue weighted by Gasteiger charge is -2.28. The molecule has 0 unspecified atom stereocenters. The van der Waals surface area contributed by atoms with Crippen LogP contribution in [-0.2, 0) is 11.3 Å². The van der Waals surface area contributed by atoms with Gasteiger partial charge in [0.15, 0.2) is 5.82 Å². The summed E-state index contributed by atoms with van der Waals surface area (Å²) in [6, 6.07) is 15.5. The molecule has 0 radical (unpaired) electrons. The molecule has 10 nitrogen and oxygen atoms in total. The van der Waals surface area contributed by atoms with Crippen molar-refractivity contribution in [3.8, 4) is 28.3 Å². The number of amides is 1. The average Bonchev–Trinajstić information content (AvgIpc) is 3.41. The van der Waals surface area contributed by atoms with Crippen LogP contribution in [-0.4, -0.2) is 59.5 Å². The first-order chi connectivity index (χ1) is 20.0. The lowest BCUT2D eigenvalue weighted by molar-refractivity contribution is 0.0947. The van der Waals surface area contributed by atoms with Crippen LogP contribution in [0.4, 0.5) is 15.9 Å². The summed E-state index contributed by atoms with van der Waals surface area (Å²) in [6.45, 7) is 3.35. The van der Waals surface area contributed by atoms with Gasteiger partial charge in [-0.3, -0.25) is 19.9 Å². The Balaban J connectivity index is 1.22. The number of fused-ring (bicyclic) bond motifs is 1. The maximum absolute atomic E-state index is 13.7. The molecule has 6 rings (SSSR count). The topological polar surface area (TPSA) is 131 Å². The molecule has 3 aromatic heterocycles. The van der Waals surface area contributed by atoms with E-state index in [-0.39, 0.29) is 12.1 Å². The number of ether oxygens (including phenoxy) is 2. The molecule has 1 fully saturated rings. The van der Waals surface area contributed by atoms with Crippen LogP contribution < -0.4 is 20.7 Å². The number of methoxy groups -OCH3 is 1. The van der Waals surface area contributed by atoms with Gasteiger partial charge in [0.1, 0.15) is 11.6 Å². The Labute approximate surface area is 235 Å². The summed E-state index contributed by atoms with van der Waals surface area (Å²) >= 11 is 0. The standard InChI is InChI=1S/C30H28FN7O3/c1-40-25-9-6-20(31)14-22(25)30(39)35-15-18-2-4-19(5-3-18)27-26-28(36-37-29(26)32)23(17-34-27)24-8-7-21(16-33-24)38-10-12-41-13-11-38/h2-9,14,16-17H,10-13,15H2,1H3,(H,35,39)(H3,32,36,37). The van der Waals surface area contributed by atoms with Crippen molar-refractivity contribution in [3.05, 3.63) is 83.9 Å². The monoisotopic (exact) mass is 553 g/mol. The van der Waals surface area contributed by atoms with E-state index in [0.717, 1.165) is 52.7 Å². The molecule has 1 amide bonds. The number of morpholine rings is 1. The van der Waals surface area contributed by atoms with E-state index in [9.17, 15) is 9.18 Å². The Morgan fingerprint density at radius 2 is 1.90 bits per heavy atom. The molecule has 208 valence electrons. The number of aromatic amines is 1. The van der Waals surface area contributed by atoms with Gasteiger partial charge in [-0.1, -0.05) is 24.3 Å². The van der Waals surface area contributed by atoms with Gasteiger partial charge in [-0.2, -0.15) is 5.10 Å². The lowest BCUT2D eigenvalue weighted by Crippen LogP contribution is -2.36. The zero-order valence-electron chi connectivity index (χ0n) is 22.4. The molecule has 0 bridgehead atoms. The summed E-state index contributed by atoms with van der Waals surface area (Å²) in [4.78, 5) is 24.3. The lowest BCUT2D eigenvalue weighted by atomic mass is 10.0. The summed E-state index contributed by atoms with van der Waals surface area (Å²) in [5.41, 5.74) is 12.1. The molecule has 4 N–H and O–H groups in total. The van der Waals surface area contributed by atoms with Crippen molar-refractivity contribution < 1.29 is 18.7 Å². The first-order valence-electron chi connectivity index (χ1n) is 13.1. The molecule has 4 heterocycles.